The van der Waals surface area contributed by atoms with Crippen molar-refractivity contribution in [2.24, 2.45) is 11.7 Å². The van der Waals surface area contributed by atoms with Crippen molar-refractivity contribution in [1.29, 1.82) is 0 Å². The van der Waals surface area contributed by atoms with Crippen LogP contribution in [-0.4, -0.2) is 40.5 Å². The minimum Gasteiger partial charge on any atom is -0.481 e. The molecule has 1 aliphatic heterocycles. The molecule has 0 bridgehead atoms. The second kappa shape index (κ2) is 4.64. The SMILES string of the molecule is NC1(C(=O)N2CCC(CCC(=O)O)C2)CCC1. The second-order valence-electron chi connectivity index (χ2n) is 5.35. The maximum absolute atomic E-state index is 12.1. The number of carbonyl (C=O) groups is 2. The molecule has 3 N–H and O–H groups in total. The Bertz CT molecular complexity index is 326. The summed E-state index contributed by atoms with van der Waals surface area (Å²) in [6, 6.07) is 0. The fourth-order valence-electron chi connectivity index (χ4n) is 2.67. The van der Waals surface area contributed by atoms with E-state index in [9.17, 15) is 9.59 Å². The lowest BCUT2D eigenvalue weighted by Crippen LogP contribution is -2.59. The summed E-state index contributed by atoms with van der Waals surface area (Å²) in [6.45, 7) is 1.42. The van der Waals surface area contributed by atoms with Crippen molar-refractivity contribution in [3.05, 3.63) is 0 Å². The predicted octanol–water partition coefficient (Wildman–Crippen LogP) is 0.581. The molecular formula is C12H20N2O3. The summed E-state index contributed by atoms with van der Waals surface area (Å²) >= 11 is 0. The Morgan fingerprint density at radius 3 is 2.65 bits per heavy atom. The van der Waals surface area contributed by atoms with Crippen molar-refractivity contribution in [1.82, 2.24) is 4.90 Å². The van der Waals surface area contributed by atoms with Crippen molar-refractivity contribution in [3.63, 3.8) is 0 Å². The zero-order valence-corrected chi connectivity index (χ0v) is 10.0. The predicted molar refractivity (Wildman–Crippen MR) is 62.3 cm³/mol. The highest BCUT2D eigenvalue weighted by Crippen LogP contribution is 2.33. The fraction of sp³-hybridized carbons (Fsp3) is 0.833. The molecule has 0 aromatic carbocycles. The largest absolute Gasteiger partial charge is 0.481 e. The number of nitrogens with zero attached hydrogens (tertiary/aromatic N) is 1. The van der Waals surface area contributed by atoms with Crippen LogP contribution in [0.5, 0.6) is 0 Å². The van der Waals surface area contributed by atoms with Gasteiger partial charge in [-0.05, 0) is 38.0 Å². The van der Waals surface area contributed by atoms with E-state index in [1.54, 1.807) is 0 Å². The first-order valence-electron chi connectivity index (χ1n) is 6.31. The number of amides is 1. The van der Waals surface area contributed by atoms with Crippen LogP contribution in [0.4, 0.5) is 0 Å². The molecule has 0 radical (unpaired) electrons. The van der Waals surface area contributed by atoms with Gasteiger partial charge in [-0.15, -0.1) is 0 Å². The fourth-order valence-corrected chi connectivity index (χ4v) is 2.67. The van der Waals surface area contributed by atoms with Gasteiger partial charge in [0, 0.05) is 19.5 Å². The van der Waals surface area contributed by atoms with Crippen molar-refractivity contribution < 1.29 is 14.7 Å². The van der Waals surface area contributed by atoms with Gasteiger partial charge in [0.2, 0.25) is 5.91 Å². The van der Waals surface area contributed by atoms with Gasteiger partial charge in [0.05, 0.1) is 5.54 Å². The maximum atomic E-state index is 12.1. The third-order valence-electron chi connectivity index (χ3n) is 4.01. The van der Waals surface area contributed by atoms with Crippen LogP contribution in [0.1, 0.15) is 38.5 Å². The Hall–Kier alpha value is -1.10. The molecule has 1 atom stereocenters. The van der Waals surface area contributed by atoms with Gasteiger partial charge in [0.15, 0.2) is 0 Å². The first-order valence-corrected chi connectivity index (χ1v) is 6.31. The van der Waals surface area contributed by atoms with E-state index < -0.39 is 11.5 Å². The Labute approximate surface area is 101 Å². The van der Waals surface area contributed by atoms with E-state index in [1.165, 1.54) is 0 Å². The number of hydrogen-bond acceptors (Lipinski definition) is 3. The number of aliphatic carboxylic acids is 1. The molecule has 1 saturated heterocycles. The third-order valence-corrected chi connectivity index (χ3v) is 4.01. The van der Waals surface area contributed by atoms with Crippen LogP contribution < -0.4 is 5.73 Å². The molecule has 0 aromatic rings. The highest BCUT2D eigenvalue weighted by atomic mass is 16.4. The molecule has 1 unspecified atom stereocenters. The topological polar surface area (TPSA) is 83.6 Å². The molecule has 17 heavy (non-hydrogen) atoms. The highest BCUT2D eigenvalue weighted by molar-refractivity contribution is 5.87. The van der Waals surface area contributed by atoms with Crippen LogP contribution in [0.25, 0.3) is 0 Å². The Morgan fingerprint density at radius 2 is 2.12 bits per heavy atom. The van der Waals surface area contributed by atoms with Crippen molar-refractivity contribution in [3.8, 4) is 0 Å². The summed E-state index contributed by atoms with van der Waals surface area (Å²) in [5.41, 5.74) is 5.40. The number of likely N-dealkylation sites (tertiary alicyclic amines) is 1. The molecule has 2 aliphatic rings. The van der Waals surface area contributed by atoms with E-state index in [1.807, 2.05) is 4.90 Å². The van der Waals surface area contributed by atoms with Gasteiger partial charge in [-0.2, -0.15) is 0 Å². The van der Waals surface area contributed by atoms with Gasteiger partial charge < -0.3 is 15.7 Å². The van der Waals surface area contributed by atoms with Crippen LogP contribution in [0, 0.1) is 5.92 Å². The quantitative estimate of drug-likeness (QED) is 0.753. The Balaban J connectivity index is 1.81. The molecule has 0 aromatic heterocycles. The summed E-state index contributed by atoms with van der Waals surface area (Å²) < 4.78 is 0. The molecule has 96 valence electrons. The van der Waals surface area contributed by atoms with Crippen molar-refractivity contribution in [2.75, 3.05) is 13.1 Å². The van der Waals surface area contributed by atoms with Gasteiger partial charge in [0.1, 0.15) is 0 Å². The molecule has 5 nitrogen and oxygen atoms in total. The molecule has 5 heteroatoms. The van der Waals surface area contributed by atoms with Gasteiger partial charge in [-0.1, -0.05) is 0 Å². The Kier molecular flexibility index (Phi) is 3.38. The summed E-state index contributed by atoms with van der Waals surface area (Å²) in [5.74, 6) is -0.357. The van der Waals surface area contributed by atoms with Gasteiger partial charge in [0.25, 0.3) is 0 Å². The number of carboxylic acid groups (broad SMARTS) is 1. The van der Waals surface area contributed by atoms with E-state index in [2.05, 4.69) is 0 Å². The Morgan fingerprint density at radius 1 is 1.41 bits per heavy atom. The first kappa shape index (κ1) is 12.4. The minimum atomic E-state index is -0.760. The van der Waals surface area contributed by atoms with Crippen LogP contribution in [0.3, 0.4) is 0 Å². The normalized spacial score (nSPS) is 26.6. The zero-order valence-electron chi connectivity index (χ0n) is 10.0. The number of carbonyl (C=O) groups excluding carboxylic acids is 1. The molecule has 1 saturated carbocycles. The van der Waals surface area contributed by atoms with Gasteiger partial charge in [-0.3, -0.25) is 9.59 Å². The number of nitrogens with two attached hydrogens (primary N) is 1. The van der Waals surface area contributed by atoms with Gasteiger partial charge >= 0.3 is 5.97 Å². The average Bonchev–Trinajstić information content (AvgIpc) is 2.70. The smallest absolute Gasteiger partial charge is 0.303 e. The van der Waals surface area contributed by atoms with Crippen LogP contribution in [0.2, 0.25) is 0 Å². The third kappa shape index (κ3) is 2.60. The molecule has 1 heterocycles. The van der Waals surface area contributed by atoms with E-state index in [0.29, 0.717) is 18.9 Å². The second-order valence-corrected chi connectivity index (χ2v) is 5.35. The monoisotopic (exact) mass is 240 g/mol. The van der Waals surface area contributed by atoms with E-state index in [-0.39, 0.29) is 12.3 Å². The molecular weight excluding hydrogens is 220 g/mol. The molecule has 1 aliphatic carbocycles. The molecule has 2 rings (SSSR count). The van der Waals surface area contributed by atoms with Crippen molar-refractivity contribution >= 4 is 11.9 Å². The number of carboxylic acids is 1. The number of rotatable bonds is 4. The van der Waals surface area contributed by atoms with Crippen LogP contribution >= 0.6 is 0 Å². The zero-order chi connectivity index (χ0) is 12.5. The first-order chi connectivity index (χ1) is 8.01. The summed E-state index contributed by atoms with van der Waals surface area (Å²) in [7, 11) is 0. The van der Waals surface area contributed by atoms with E-state index in [0.717, 1.165) is 32.2 Å². The lowest BCUT2D eigenvalue weighted by atomic mass is 9.76. The summed E-state index contributed by atoms with van der Waals surface area (Å²) in [4.78, 5) is 24.4. The number of hydrogen-bond donors (Lipinski definition) is 2. The molecule has 2 fully saturated rings. The lowest BCUT2D eigenvalue weighted by molar-refractivity contribution is -0.139. The molecule has 1 amide bonds. The summed E-state index contributed by atoms with van der Waals surface area (Å²) in [5, 5.41) is 8.62. The standard InChI is InChI=1S/C12H20N2O3/c13-12(5-1-6-12)11(17)14-7-4-9(8-14)2-3-10(15)16/h9H,1-8,13H2,(H,15,16). The van der Waals surface area contributed by atoms with Crippen LogP contribution in [0.15, 0.2) is 0 Å². The summed E-state index contributed by atoms with van der Waals surface area (Å²) in [6.07, 6.45) is 4.40. The lowest BCUT2D eigenvalue weighted by Gasteiger charge is -2.39. The average molecular weight is 240 g/mol. The van der Waals surface area contributed by atoms with E-state index >= 15 is 0 Å². The molecule has 0 spiro atoms. The minimum absolute atomic E-state index is 0.0709. The maximum Gasteiger partial charge on any atom is 0.303 e. The van der Waals surface area contributed by atoms with Gasteiger partial charge in [-0.25, -0.2) is 0 Å². The highest BCUT2D eigenvalue weighted by Gasteiger charge is 2.44. The van der Waals surface area contributed by atoms with Crippen molar-refractivity contribution in [2.45, 2.75) is 44.1 Å². The van der Waals surface area contributed by atoms with Crippen LogP contribution in [-0.2, 0) is 9.59 Å². The van der Waals surface area contributed by atoms with E-state index in [4.69, 9.17) is 10.8 Å².